The second-order valence-electron chi connectivity index (χ2n) is 7.51. The Morgan fingerprint density at radius 2 is 2.08 bits per heavy atom. The number of carbonyl (C=O) groups is 2. The van der Waals surface area contributed by atoms with E-state index in [9.17, 15) is 9.59 Å². The number of amides is 3. The average Bonchev–Trinajstić information content (AvgIpc) is 3.15. The van der Waals surface area contributed by atoms with E-state index in [-0.39, 0.29) is 12.5 Å². The highest BCUT2D eigenvalue weighted by Gasteiger charge is 2.27. The van der Waals surface area contributed by atoms with Gasteiger partial charge in [-0.3, -0.25) is 15.0 Å². The van der Waals surface area contributed by atoms with Crippen LogP contribution in [-0.4, -0.2) is 52.1 Å². The molecule has 7 heteroatoms. The first kappa shape index (κ1) is 19.4. The maximum Gasteiger partial charge on any atom is 0.321 e. The van der Waals surface area contributed by atoms with Crippen LogP contribution in [0.15, 0.2) is 12.4 Å². The minimum atomic E-state index is -0.411. The van der Waals surface area contributed by atoms with E-state index in [1.165, 1.54) is 0 Å². The van der Waals surface area contributed by atoms with Crippen molar-refractivity contribution < 1.29 is 9.59 Å². The zero-order chi connectivity index (χ0) is 18.4. The molecule has 1 saturated heterocycles. The average molecular weight is 349 g/mol. The Labute approximate surface area is 150 Å². The highest BCUT2D eigenvalue weighted by atomic mass is 16.2. The lowest BCUT2D eigenvalue weighted by atomic mass is 10.2. The summed E-state index contributed by atoms with van der Waals surface area (Å²) in [6.45, 7) is 10.8. The lowest BCUT2D eigenvalue weighted by Gasteiger charge is -2.25. The van der Waals surface area contributed by atoms with Gasteiger partial charge in [-0.15, -0.1) is 0 Å². The number of nitrogens with one attached hydrogen (secondary N) is 2. The first-order valence-electron chi connectivity index (χ1n) is 9.19. The standard InChI is InChI=1S/C18H31N5O2/c1-13(2)10-20-18(25)21-16(24)12-22-8-5-6-15(22)11-23-9-7-19-17(23)14(3)4/h7,9,13-15H,5-6,8,10-12H2,1-4H3,(H2,20,21,24,25). The maximum atomic E-state index is 12.1. The molecule has 0 radical (unpaired) electrons. The molecule has 2 heterocycles. The number of likely N-dealkylation sites (tertiary alicyclic amines) is 1. The quantitative estimate of drug-likeness (QED) is 0.789. The fraction of sp³-hybridized carbons (Fsp3) is 0.722. The summed E-state index contributed by atoms with van der Waals surface area (Å²) < 4.78 is 2.18. The summed E-state index contributed by atoms with van der Waals surface area (Å²) >= 11 is 0. The van der Waals surface area contributed by atoms with Gasteiger partial charge in [-0.2, -0.15) is 0 Å². The molecule has 1 aliphatic rings. The van der Waals surface area contributed by atoms with Crippen molar-refractivity contribution in [2.75, 3.05) is 19.6 Å². The Balaban J connectivity index is 1.85. The maximum absolute atomic E-state index is 12.1. The third kappa shape index (κ3) is 5.85. The summed E-state index contributed by atoms with van der Waals surface area (Å²) in [6, 6.07) is -0.109. The zero-order valence-electron chi connectivity index (χ0n) is 15.8. The van der Waals surface area contributed by atoms with Crippen LogP contribution in [0.2, 0.25) is 0 Å². The van der Waals surface area contributed by atoms with Gasteiger partial charge in [0.15, 0.2) is 0 Å². The first-order chi connectivity index (χ1) is 11.9. The smallest absolute Gasteiger partial charge is 0.321 e. The summed E-state index contributed by atoms with van der Waals surface area (Å²) in [4.78, 5) is 30.5. The summed E-state index contributed by atoms with van der Waals surface area (Å²) in [5, 5.41) is 5.13. The number of carbonyl (C=O) groups excluding carboxylic acids is 2. The van der Waals surface area contributed by atoms with Crippen LogP contribution in [-0.2, 0) is 11.3 Å². The van der Waals surface area contributed by atoms with Gasteiger partial charge < -0.3 is 9.88 Å². The van der Waals surface area contributed by atoms with E-state index in [4.69, 9.17) is 0 Å². The van der Waals surface area contributed by atoms with E-state index >= 15 is 0 Å². The molecule has 2 N–H and O–H groups in total. The molecule has 1 aromatic rings. The van der Waals surface area contributed by atoms with Crippen LogP contribution in [0.25, 0.3) is 0 Å². The number of nitrogens with zero attached hydrogens (tertiary/aromatic N) is 3. The van der Waals surface area contributed by atoms with Crippen LogP contribution < -0.4 is 10.6 Å². The number of hydrogen-bond donors (Lipinski definition) is 2. The summed E-state index contributed by atoms with van der Waals surface area (Å²) in [7, 11) is 0. The number of imide groups is 1. The van der Waals surface area contributed by atoms with Gasteiger partial charge in [-0.1, -0.05) is 27.7 Å². The SMILES string of the molecule is CC(C)CNC(=O)NC(=O)CN1CCCC1Cn1ccnc1C(C)C. The summed E-state index contributed by atoms with van der Waals surface area (Å²) in [5.41, 5.74) is 0. The van der Waals surface area contributed by atoms with Gasteiger partial charge in [0.05, 0.1) is 6.54 Å². The first-order valence-corrected chi connectivity index (χ1v) is 9.19. The molecule has 1 unspecified atom stereocenters. The highest BCUT2D eigenvalue weighted by molar-refractivity contribution is 5.95. The van der Waals surface area contributed by atoms with Gasteiger partial charge in [0, 0.05) is 37.4 Å². The molecule has 7 nitrogen and oxygen atoms in total. The fourth-order valence-corrected chi connectivity index (χ4v) is 3.20. The predicted octanol–water partition coefficient (Wildman–Crippen LogP) is 1.95. The summed E-state index contributed by atoms with van der Waals surface area (Å²) in [6.07, 6.45) is 5.97. The molecule has 1 atom stereocenters. The third-order valence-corrected chi connectivity index (χ3v) is 4.44. The number of imidazole rings is 1. The molecule has 1 fully saturated rings. The van der Waals surface area contributed by atoms with Crippen LogP contribution in [0.3, 0.4) is 0 Å². The molecule has 0 bridgehead atoms. The van der Waals surface area contributed by atoms with Crippen molar-refractivity contribution in [3.05, 3.63) is 18.2 Å². The third-order valence-electron chi connectivity index (χ3n) is 4.44. The van der Waals surface area contributed by atoms with Crippen molar-refractivity contribution in [1.82, 2.24) is 25.1 Å². The van der Waals surface area contributed by atoms with E-state index in [0.717, 1.165) is 31.8 Å². The molecule has 140 valence electrons. The molecule has 0 aromatic carbocycles. The van der Waals surface area contributed by atoms with Crippen LogP contribution >= 0.6 is 0 Å². The zero-order valence-corrected chi connectivity index (χ0v) is 15.8. The van der Waals surface area contributed by atoms with Crippen molar-refractivity contribution in [1.29, 1.82) is 0 Å². The van der Waals surface area contributed by atoms with Crippen molar-refractivity contribution in [3.63, 3.8) is 0 Å². The second kappa shape index (κ2) is 8.99. The number of urea groups is 1. The van der Waals surface area contributed by atoms with E-state index in [0.29, 0.717) is 24.4 Å². The minimum Gasteiger partial charge on any atom is -0.338 e. The molecule has 0 aliphatic carbocycles. The molecule has 25 heavy (non-hydrogen) atoms. The molecule has 1 aliphatic heterocycles. The van der Waals surface area contributed by atoms with Crippen molar-refractivity contribution in [2.24, 2.45) is 5.92 Å². The molecule has 1 aromatic heterocycles. The van der Waals surface area contributed by atoms with Crippen molar-refractivity contribution in [3.8, 4) is 0 Å². The molecular weight excluding hydrogens is 318 g/mol. The fourth-order valence-electron chi connectivity index (χ4n) is 3.20. The number of hydrogen-bond acceptors (Lipinski definition) is 4. The predicted molar refractivity (Wildman–Crippen MR) is 97.3 cm³/mol. The van der Waals surface area contributed by atoms with Gasteiger partial charge in [0.25, 0.3) is 0 Å². The monoisotopic (exact) mass is 349 g/mol. The lowest BCUT2D eigenvalue weighted by molar-refractivity contribution is -0.121. The number of aromatic nitrogens is 2. The minimum absolute atomic E-state index is 0.247. The largest absolute Gasteiger partial charge is 0.338 e. The summed E-state index contributed by atoms with van der Waals surface area (Å²) in [5.74, 6) is 1.55. The Bertz CT molecular complexity index is 582. The second-order valence-corrected chi connectivity index (χ2v) is 7.51. The Hall–Kier alpha value is -1.89. The number of rotatable bonds is 7. The topological polar surface area (TPSA) is 79.3 Å². The molecule has 3 amide bonds. The van der Waals surface area contributed by atoms with Gasteiger partial charge in [0.1, 0.15) is 5.82 Å². The molecule has 2 rings (SSSR count). The van der Waals surface area contributed by atoms with Crippen molar-refractivity contribution >= 4 is 11.9 Å². The molecular formula is C18H31N5O2. The van der Waals surface area contributed by atoms with Gasteiger partial charge in [0.2, 0.25) is 5.91 Å². The van der Waals surface area contributed by atoms with E-state index < -0.39 is 6.03 Å². The van der Waals surface area contributed by atoms with E-state index in [2.05, 4.69) is 38.9 Å². The highest BCUT2D eigenvalue weighted by Crippen LogP contribution is 2.20. The van der Waals surface area contributed by atoms with Gasteiger partial charge in [-0.05, 0) is 25.3 Å². The van der Waals surface area contributed by atoms with Crippen LogP contribution in [0, 0.1) is 5.92 Å². The van der Waals surface area contributed by atoms with Gasteiger partial charge >= 0.3 is 6.03 Å². The Morgan fingerprint density at radius 1 is 1.32 bits per heavy atom. The van der Waals surface area contributed by atoms with E-state index in [1.807, 2.05) is 26.2 Å². The van der Waals surface area contributed by atoms with E-state index in [1.54, 1.807) is 0 Å². The van der Waals surface area contributed by atoms with Crippen LogP contribution in [0.5, 0.6) is 0 Å². The van der Waals surface area contributed by atoms with Crippen LogP contribution in [0.4, 0.5) is 4.79 Å². The van der Waals surface area contributed by atoms with Crippen molar-refractivity contribution in [2.45, 2.75) is 59.0 Å². The normalized spacial score (nSPS) is 18.1. The van der Waals surface area contributed by atoms with Gasteiger partial charge in [-0.25, -0.2) is 9.78 Å². The Morgan fingerprint density at radius 3 is 2.76 bits per heavy atom. The van der Waals surface area contributed by atoms with Crippen LogP contribution in [0.1, 0.15) is 52.3 Å². The molecule has 0 spiro atoms. The Kier molecular flexibility index (Phi) is 6.99. The lowest BCUT2D eigenvalue weighted by Crippen LogP contribution is -2.46. The molecule has 0 saturated carbocycles.